The fraction of sp³-hybridized carbons (Fsp3) is 1.00. The predicted molar refractivity (Wildman–Crippen MR) is 61.7 cm³/mol. The van der Waals surface area contributed by atoms with Gasteiger partial charge in [0.05, 0.1) is 0 Å². The van der Waals surface area contributed by atoms with Crippen LogP contribution in [0.2, 0.25) is 0 Å². The summed E-state index contributed by atoms with van der Waals surface area (Å²) < 4.78 is 4.92. The second-order valence-electron chi connectivity index (χ2n) is 4.19. The number of alkyl halides is 1. The predicted octanol–water partition coefficient (Wildman–Crippen LogP) is 2.98. The third kappa shape index (κ3) is 3.71. The highest BCUT2D eigenvalue weighted by Crippen LogP contribution is 2.27. The van der Waals surface area contributed by atoms with Crippen molar-refractivity contribution in [2.75, 3.05) is 0 Å². The minimum atomic E-state index is -0.445. The topological polar surface area (TPSA) is 21.3 Å². The van der Waals surface area contributed by atoms with Gasteiger partial charge in [-0.05, 0) is 18.8 Å². The average molecular weight is 226 g/mol. The molecule has 0 aromatic carbocycles. The maximum Gasteiger partial charge on any atom is 0.188 e. The van der Waals surface area contributed by atoms with Gasteiger partial charge in [0.25, 0.3) is 0 Å². The summed E-state index contributed by atoms with van der Waals surface area (Å²) in [6, 6.07) is 0. The maximum atomic E-state index is 5.88. The van der Waals surface area contributed by atoms with Gasteiger partial charge in [-0.3, -0.25) is 5.32 Å². The van der Waals surface area contributed by atoms with Gasteiger partial charge in [-0.15, -0.1) is 0 Å². The second kappa shape index (κ2) is 5.50. The summed E-state index contributed by atoms with van der Waals surface area (Å²) in [5.74, 6) is 1.02. The van der Waals surface area contributed by atoms with E-state index in [1.165, 1.54) is 0 Å². The zero-order chi connectivity index (χ0) is 10.6. The molecule has 0 fully saturated rings. The zero-order valence-corrected chi connectivity index (χ0v) is 11.0. The van der Waals surface area contributed by atoms with Crippen molar-refractivity contribution in [3.63, 3.8) is 0 Å². The Kier molecular flexibility index (Phi) is 5.77. The average Bonchev–Trinajstić information content (AvgIpc) is 2.03. The molecule has 0 aromatic heterocycles. The van der Waals surface area contributed by atoms with Crippen LogP contribution < -0.4 is 5.32 Å². The Bertz CT molecular complexity index is 145. The highest BCUT2D eigenvalue weighted by atomic mass is 35.5. The van der Waals surface area contributed by atoms with Crippen molar-refractivity contribution in [2.45, 2.75) is 45.8 Å². The highest BCUT2D eigenvalue weighted by molar-refractivity contribution is 7.10. The minimum Gasteiger partial charge on any atom is -0.333 e. The molecule has 4 heteroatoms. The van der Waals surface area contributed by atoms with Crippen molar-refractivity contribution in [3.8, 4) is 0 Å². The van der Waals surface area contributed by atoms with E-state index in [0.717, 1.165) is 0 Å². The standard InChI is InChI=1S/C9H21ClNOP/c1-6(2)9(5,7(3)4)11-8(10)12-13/h6-8,11H,13H2,1-5H3. The summed E-state index contributed by atoms with van der Waals surface area (Å²) in [6.45, 7) is 10.9. The largest absolute Gasteiger partial charge is 0.333 e. The molecule has 0 aliphatic heterocycles. The number of halogens is 1. The Morgan fingerprint density at radius 3 is 1.85 bits per heavy atom. The molecule has 1 N–H and O–H groups in total. The first kappa shape index (κ1) is 13.6. The summed E-state index contributed by atoms with van der Waals surface area (Å²) in [5.41, 5.74) is -0.442. The Labute approximate surface area is 89.0 Å². The third-order valence-electron chi connectivity index (χ3n) is 2.94. The molecule has 0 radical (unpaired) electrons. The normalized spacial score (nSPS) is 15.5. The number of hydrogen-bond donors (Lipinski definition) is 1. The molecule has 0 amide bonds. The summed E-state index contributed by atoms with van der Waals surface area (Å²) in [6.07, 6.45) is 0. The number of rotatable bonds is 5. The summed E-state index contributed by atoms with van der Waals surface area (Å²) in [7, 11) is 2.17. The quantitative estimate of drug-likeness (QED) is 0.336. The molecule has 0 rings (SSSR count). The van der Waals surface area contributed by atoms with E-state index in [-0.39, 0.29) is 5.54 Å². The van der Waals surface area contributed by atoms with Crippen LogP contribution in [0.25, 0.3) is 0 Å². The molecule has 0 saturated heterocycles. The van der Waals surface area contributed by atoms with Gasteiger partial charge in [-0.1, -0.05) is 39.3 Å². The zero-order valence-electron chi connectivity index (χ0n) is 9.10. The van der Waals surface area contributed by atoms with Crippen LogP contribution in [-0.4, -0.2) is 11.2 Å². The molecular formula is C9H21ClNOP. The lowest BCUT2D eigenvalue weighted by atomic mass is 9.79. The van der Waals surface area contributed by atoms with Crippen LogP contribution in [-0.2, 0) is 4.52 Å². The molecule has 2 atom stereocenters. The SMILES string of the molecule is CC(C)C(C)(NC(Cl)OP)C(C)C. The van der Waals surface area contributed by atoms with Crippen molar-refractivity contribution in [1.29, 1.82) is 0 Å². The van der Waals surface area contributed by atoms with Crippen LogP contribution in [0.1, 0.15) is 34.6 Å². The van der Waals surface area contributed by atoms with E-state index in [1.54, 1.807) is 0 Å². The van der Waals surface area contributed by atoms with Gasteiger partial charge < -0.3 is 4.52 Å². The van der Waals surface area contributed by atoms with Crippen LogP contribution in [0, 0.1) is 11.8 Å². The van der Waals surface area contributed by atoms with Gasteiger partial charge in [0, 0.05) is 15.0 Å². The van der Waals surface area contributed by atoms with Gasteiger partial charge in [-0.2, -0.15) is 0 Å². The van der Waals surface area contributed by atoms with E-state index in [4.69, 9.17) is 16.1 Å². The first-order valence-electron chi connectivity index (χ1n) is 4.62. The molecule has 0 aliphatic carbocycles. The summed E-state index contributed by atoms with van der Waals surface area (Å²) >= 11 is 5.88. The lowest BCUT2D eigenvalue weighted by Crippen LogP contribution is -2.54. The van der Waals surface area contributed by atoms with E-state index in [2.05, 4.69) is 49.4 Å². The Morgan fingerprint density at radius 1 is 1.23 bits per heavy atom. The molecule has 0 bridgehead atoms. The van der Waals surface area contributed by atoms with Crippen LogP contribution in [0.3, 0.4) is 0 Å². The highest BCUT2D eigenvalue weighted by Gasteiger charge is 2.33. The fourth-order valence-electron chi connectivity index (χ4n) is 1.28. The fourth-order valence-corrected chi connectivity index (χ4v) is 1.58. The molecule has 2 nitrogen and oxygen atoms in total. The van der Waals surface area contributed by atoms with E-state index in [1.807, 2.05) is 0 Å². The smallest absolute Gasteiger partial charge is 0.188 e. The molecule has 0 aliphatic rings. The molecule has 2 unspecified atom stereocenters. The lowest BCUT2D eigenvalue weighted by molar-refractivity contribution is 0.126. The molecule has 13 heavy (non-hydrogen) atoms. The van der Waals surface area contributed by atoms with Crippen molar-refractivity contribution < 1.29 is 4.52 Å². The van der Waals surface area contributed by atoms with Gasteiger partial charge in [0.1, 0.15) is 0 Å². The summed E-state index contributed by atoms with van der Waals surface area (Å²) in [4.78, 5) is 0. The minimum absolute atomic E-state index is 0.00296. The van der Waals surface area contributed by atoms with Crippen LogP contribution in [0.15, 0.2) is 0 Å². The maximum absolute atomic E-state index is 5.88. The van der Waals surface area contributed by atoms with E-state index < -0.39 is 5.69 Å². The van der Waals surface area contributed by atoms with Crippen LogP contribution in [0.5, 0.6) is 0 Å². The Hall–Kier alpha value is 0.640. The van der Waals surface area contributed by atoms with Gasteiger partial charge in [0.2, 0.25) is 0 Å². The van der Waals surface area contributed by atoms with E-state index in [0.29, 0.717) is 11.8 Å². The van der Waals surface area contributed by atoms with E-state index in [9.17, 15) is 0 Å². The van der Waals surface area contributed by atoms with Gasteiger partial charge >= 0.3 is 0 Å². The molecule has 0 saturated carbocycles. The van der Waals surface area contributed by atoms with Crippen molar-refractivity contribution in [1.82, 2.24) is 5.32 Å². The second-order valence-corrected chi connectivity index (χ2v) is 4.86. The first-order chi connectivity index (χ1) is 5.84. The van der Waals surface area contributed by atoms with Crippen molar-refractivity contribution in [2.24, 2.45) is 11.8 Å². The summed E-state index contributed by atoms with van der Waals surface area (Å²) in [5, 5.41) is 3.26. The number of hydrogen-bond acceptors (Lipinski definition) is 2. The third-order valence-corrected chi connectivity index (χ3v) is 3.60. The first-order valence-corrected chi connectivity index (χ1v) is 5.52. The van der Waals surface area contributed by atoms with E-state index >= 15 is 0 Å². The van der Waals surface area contributed by atoms with Gasteiger partial charge in [0.15, 0.2) is 5.69 Å². The van der Waals surface area contributed by atoms with Crippen molar-refractivity contribution in [3.05, 3.63) is 0 Å². The van der Waals surface area contributed by atoms with Crippen LogP contribution >= 0.6 is 21.1 Å². The van der Waals surface area contributed by atoms with Crippen LogP contribution in [0.4, 0.5) is 0 Å². The number of nitrogens with one attached hydrogen (secondary N) is 1. The van der Waals surface area contributed by atoms with Gasteiger partial charge in [-0.25, -0.2) is 0 Å². The monoisotopic (exact) mass is 225 g/mol. The lowest BCUT2D eigenvalue weighted by Gasteiger charge is -2.40. The molecule has 0 aromatic rings. The molecule has 0 spiro atoms. The molecular weight excluding hydrogens is 205 g/mol. The van der Waals surface area contributed by atoms with Crippen molar-refractivity contribution >= 4 is 21.1 Å². The molecule has 80 valence electrons. The Morgan fingerprint density at radius 2 is 1.62 bits per heavy atom. The Balaban J connectivity index is 4.42. The molecule has 0 heterocycles.